The Morgan fingerprint density at radius 3 is 2.60 bits per heavy atom. The molecule has 1 unspecified atom stereocenters. The van der Waals surface area contributed by atoms with Gasteiger partial charge in [-0.1, -0.05) is 31.5 Å². The Hall–Kier alpha value is -3.47. The predicted molar refractivity (Wildman–Crippen MR) is 160 cm³/mol. The van der Waals surface area contributed by atoms with Crippen molar-refractivity contribution in [1.82, 2.24) is 10.6 Å². The molecule has 0 aliphatic carbocycles. The molecule has 42 heavy (non-hydrogen) atoms. The topological polar surface area (TPSA) is 147 Å². The molecule has 1 aliphatic heterocycles. The summed E-state index contributed by atoms with van der Waals surface area (Å²) in [5.74, 6) is -1.20. The first-order chi connectivity index (χ1) is 19.9. The number of nitrogens with one attached hydrogen (secondary N) is 2. The third-order valence-electron chi connectivity index (χ3n) is 6.96. The number of benzene rings is 2. The summed E-state index contributed by atoms with van der Waals surface area (Å²) in [5.41, 5.74) is 2.11. The van der Waals surface area contributed by atoms with Crippen molar-refractivity contribution in [1.29, 1.82) is 0 Å². The second-order valence-corrected chi connectivity index (χ2v) is 11.5. The molecule has 0 saturated heterocycles. The fraction of sp³-hybridized carbons (Fsp3) is 0.484. The first-order valence-corrected chi connectivity index (χ1v) is 14.3. The van der Waals surface area contributed by atoms with Crippen LogP contribution in [-0.2, 0) is 30.9 Å². The third-order valence-corrected chi connectivity index (χ3v) is 7.18. The molecule has 1 amide bonds. The maximum absolute atomic E-state index is 13.1. The minimum Gasteiger partial charge on any atom is -0.508 e. The Labute approximate surface area is 251 Å². The molecule has 0 radical (unpaired) electrons. The Morgan fingerprint density at radius 2 is 1.93 bits per heavy atom. The van der Waals surface area contributed by atoms with Gasteiger partial charge in [0, 0.05) is 48.4 Å². The van der Waals surface area contributed by atoms with Crippen LogP contribution >= 0.6 is 11.6 Å². The van der Waals surface area contributed by atoms with Crippen molar-refractivity contribution in [3.05, 3.63) is 63.7 Å². The number of aliphatic hydroxyl groups is 1. The Kier molecular flexibility index (Phi) is 11.9. The highest BCUT2D eigenvalue weighted by Crippen LogP contribution is 2.33. The largest absolute Gasteiger partial charge is 0.508 e. The predicted octanol–water partition coefficient (Wildman–Crippen LogP) is 3.30. The van der Waals surface area contributed by atoms with E-state index in [4.69, 9.17) is 21.1 Å². The van der Waals surface area contributed by atoms with E-state index >= 15 is 0 Å². The molecule has 0 saturated carbocycles. The van der Waals surface area contributed by atoms with Crippen LogP contribution in [0.2, 0.25) is 5.02 Å². The zero-order valence-corrected chi connectivity index (χ0v) is 25.3. The number of phenols is 1. The number of halogens is 1. The molecule has 3 rings (SSSR count). The van der Waals surface area contributed by atoms with E-state index in [0.717, 1.165) is 11.1 Å². The normalized spacial score (nSPS) is 15.8. The second-order valence-electron chi connectivity index (χ2n) is 11.1. The standard InChI is InChI=1S/C31H40ClN3O7/c1-5-42-29(39)13-21(20-9-23(14-24(32)10-20)31(2,3)18-41-4)11-26(37)15-35-30(40)22-6-19(7-25(36)12-22)8-28-33-16-27(38)17-34-28/h6-7,9-10,12,14,21,27,36,38H,5,8,11,13,15-18H2,1-4H3,(H,33,34)(H,35,40)/t21-/m0/s1. The van der Waals surface area contributed by atoms with E-state index in [1.165, 1.54) is 12.1 Å². The van der Waals surface area contributed by atoms with E-state index in [1.54, 1.807) is 26.2 Å². The van der Waals surface area contributed by atoms with Crippen LogP contribution in [0.5, 0.6) is 5.75 Å². The van der Waals surface area contributed by atoms with E-state index in [2.05, 4.69) is 15.6 Å². The van der Waals surface area contributed by atoms with Gasteiger partial charge in [-0.2, -0.15) is 0 Å². The lowest BCUT2D eigenvalue weighted by Crippen LogP contribution is -2.39. The van der Waals surface area contributed by atoms with Gasteiger partial charge in [-0.15, -0.1) is 0 Å². The fourth-order valence-electron chi connectivity index (χ4n) is 4.83. The number of esters is 1. The van der Waals surface area contributed by atoms with Crippen molar-refractivity contribution in [2.24, 2.45) is 4.99 Å². The van der Waals surface area contributed by atoms with Crippen molar-refractivity contribution >= 4 is 35.1 Å². The number of nitrogens with zero attached hydrogens (tertiary/aromatic N) is 1. The maximum Gasteiger partial charge on any atom is 0.306 e. The van der Waals surface area contributed by atoms with Gasteiger partial charge < -0.3 is 30.3 Å². The molecule has 2 aromatic rings. The summed E-state index contributed by atoms with van der Waals surface area (Å²) < 4.78 is 10.5. The highest BCUT2D eigenvalue weighted by molar-refractivity contribution is 6.30. The average Bonchev–Trinajstić information content (AvgIpc) is 2.92. The van der Waals surface area contributed by atoms with Crippen LogP contribution in [0.4, 0.5) is 0 Å². The number of carbonyl (C=O) groups excluding carboxylic acids is 3. The van der Waals surface area contributed by atoms with Gasteiger partial charge in [0.25, 0.3) is 5.91 Å². The van der Waals surface area contributed by atoms with Crippen molar-refractivity contribution in [3.63, 3.8) is 0 Å². The van der Waals surface area contributed by atoms with Crippen molar-refractivity contribution in [2.75, 3.05) is 40.0 Å². The molecule has 0 spiro atoms. The molecule has 0 fully saturated rings. The Morgan fingerprint density at radius 1 is 1.17 bits per heavy atom. The molecule has 4 N–H and O–H groups in total. The van der Waals surface area contributed by atoms with E-state index in [1.807, 2.05) is 26.0 Å². The number of Topliss-reactive ketones (excluding diaryl/α,β-unsaturated/α-hetero) is 1. The van der Waals surface area contributed by atoms with Gasteiger partial charge in [0.2, 0.25) is 0 Å². The summed E-state index contributed by atoms with van der Waals surface area (Å²) in [6.07, 6.45) is -0.245. The molecule has 2 atom stereocenters. The number of ether oxygens (including phenoxy) is 2. The lowest BCUT2D eigenvalue weighted by atomic mass is 9.82. The van der Waals surface area contributed by atoms with Crippen molar-refractivity contribution < 1.29 is 34.1 Å². The first-order valence-electron chi connectivity index (χ1n) is 13.9. The lowest BCUT2D eigenvalue weighted by Gasteiger charge is -2.26. The van der Waals surface area contributed by atoms with Crippen LogP contribution < -0.4 is 10.6 Å². The van der Waals surface area contributed by atoms with E-state index in [-0.39, 0.29) is 55.0 Å². The molecular weight excluding hydrogens is 562 g/mol. The average molecular weight is 602 g/mol. The molecule has 11 heteroatoms. The molecule has 0 bridgehead atoms. The van der Waals surface area contributed by atoms with Gasteiger partial charge in [-0.05, 0) is 53.9 Å². The van der Waals surface area contributed by atoms with E-state index < -0.39 is 23.9 Å². The van der Waals surface area contributed by atoms with E-state index in [0.29, 0.717) is 36.0 Å². The molecular formula is C31H40ClN3O7. The number of rotatable bonds is 14. The Bertz CT molecular complexity index is 1310. The summed E-state index contributed by atoms with van der Waals surface area (Å²) in [7, 11) is 1.62. The molecule has 1 aliphatic rings. The molecule has 2 aromatic carbocycles. The zero-order chi connectivity index (χ0) is 30.9. The summed E-state index contributed by atoms with van der Waals surface area (Å²) >= 11 is 6.46. The summed E-state index contributed by atoms with van der Waals surface area (Å²) in [6.45, 7) is 6.82. The number of carbonyl (C=O) groups is 3. The van der Waals surface area contributed by atoms with Crippen LogP contribution in [-0.4, -0.2) is 79.8 Å². The monoisotopic (exact) mass is 601 g/mol. The molecule has 10 nitrogen and oxygen atoms in total. The van der Waals surface area contributed by atoms with Crippen molar-refractivity contribution in [2.45, 2.75) is 57.5 Å². The SMILES string of the molecule is CCOC(=O)C[C@H](CC(=O)CNC(=O)c1cc(O)cc(CC2=NCC(O)CN2)c1)c1cc(Cl)cc(C(C)(C)COC)c1. The quantitative estimate of drug-likeness (QED) is 0.241. The summed E-state index contributed by atoms with van der Waals surface area (Å²) in [4.78, 5) is 42.7. The van der Waals surface area contributed by atoms with Gasteiger partial charge in [-0.25, -0.2) is 0 Å². The maximum atomic E-state index is 13.1. The number of ketones is 1. The number of phenolic OH excluding ortho intramolecular Hbond substituents is 1. The lowest BCUT2D eigenvalue weighted by molar-refractivity contribution is -0.143. The first kappa shape index (κ1) is 33.0. The van der Waals surface area contributed by atoms with E-state index in [9.17, 15) is 24.6 Å². The summed E-state index contributed by atoms with van der Waals surface area (Å²) in [5, 5.41) is 25.9. The number of aliphatic imine (C=N–C) groups is 1. The van der Waals surface area contributed by atoms with Gasteiger partial charge >= 0.3 is 5.97 Å². The van der Waals surface area contributed by atoms with Gasteiger partial charge in [-0.3, -0.25) is 19.4 Å². The van der Waals surface area contributed by atoms with Crippen LogP contribution in [0.25, 0.3) is 0 Å². The number of aliphatic hydroxyl groups excluding tert-OH is 1. The van der Waals surface area contributed by atoms with Gasteiger partial charge in [0.05, 0.1) is 38.8 Å². The molecule has 1 heterocycles. The van der Waals surface area contributed by atoms with Gasteiger partial charge in [0.1, 0.15) is 11.6 Å². The minimum atomic E-state index is -0.544. The number of methoxy groups -OCH3 is 1. The zero-order valence-electron chi connectivity index (χ0n) is 24.5. The van der Waals surface area contributed by atoms with Crippen LogP contribution in [0.3, 0.4) is 0 Å². The number of amides is 1. The smallest absolute Gasteiger partial charge is 0.306 e. The third kappa shape index (κ3) is 9.82. The van der Waals surface area contributed by atoms with Crippen LogP contribution in [0.15, 0.2) is 41.4 Å². The number of hydrogen-bond acceptors (Lipinski definition) is 9. The number of amidine groups is 1. The number of β-amino-alcohol motifs (C(OH)–C–C–N with tert-alkyl or cyclic N) is 1. The molecule has 0 aromatic heterocycles. The minimum absolute atomic E-state index is 0.0216. The highest BCUT2D eigenvalue weighted by Gasteiger charge is 2.26. The number of aromatic hydroxyl groups is 1. The number of hydrogen-bond donors (Lipinski definition) is 4. The Balaban J connectivity index is 1.72. The van der Waals surface area contributed by atoms with Crippen LogP contribution in [0, 0.1) is 0 Å². The summed E-state index contributed by atoms with van der Waals surface area (Å²) in [6, 6.07) is 9.99. The van der Waals surface area contributed by atoms with Gasteiger partial charge in [0.15, 0.2) is 5.78 Å². The molecule has 228 valence electrons. The van der Waals surface area contributed by atoms with Crippen molar-refractivity contribution in [3.8, 4) is 5.75 Å². The second kappa shape index (κ2) is 15.1. The van der Waals surface area contributed by atoms with Crippen LogP contribution in [0.1, 0.15) is 66.6 Å². The fourth-order valence-corrected chi connectivity index (χ4v) is 5.07. The highest BCUT2D eigenvalue weighted by atomic mass is 35.5.